The fourth-order valence-electron chi connectivity index (χ4n) is 2.30. The zero-order valence-corrected chi connectivity index (χ0v) is 16.3. The van der Waals surface area contributed by atoms with Crippen molar-refractivity contribution in [1.29, 1.82) is 0 Å². The van der Waals surface area contributed by atoms with E-state index in [4.69, 9.17) is 23.2 Å². The number of nitrogens with zero attached hydrogens (tertiary/aromatic N) is 3. The first-order valence-corrected chi connectivity index (χ1v) is 9.57. The second-order valence-corrected chi connectivity index (χ2v) is 7.30. The van der Waals surface area contributed by atoms with Crippen LogP contribution in [0, 0.1) is 0 Å². The van der Waals surface area contributed by atoms with Crippen LogP contribution in [0.25, 0.3) is 11.4 Å². The highest BCUT2D eigenvalue weighted by Gasteiger charge is 2.14. The molecule has 0 spiro atoms. The lowest BCUT2D eigenvalue weighted by Crippen LogP contribution is -2.24. The van der Waals surface area contributed by atoms with Gasteiger partial charge in [-0.1, -0.05) is 65.3 Å². The molecule has 2 aromatic carbocycles. The maximum Gasteiger partial charge on any atom is 0.230 e. The first-order valence-electron chi connectivity index (χ1n) is 7.83. The lowest BCUT2D eigenvalue weighted by molar-refractivity contribution is -0.118. The molecular formula is C18H16Cl2N4OS. The Kier molecular flexibility index (Phi) is 6.19. The van der Waals surface area contributed by atoms with Gasteiger partial charge in [-0.2, -0.15) is 0 Å². The van der Waals surface area contributed by atoms with Crippen molar-refractivity contribution in [2.75, 3.05) is 5.75 Å². The molecule has 0 aliphatic heterocycles. The van der Waals surface area contributed by atoms with Crippen molar-refractivity contribution in [1.82, 2.24) is 20.1 Å². The summed E-state index contributed by atoms with van der Waals surface area (Å²) in [5.74, 6) is 0.869. The number of nitrogens with one attached hydrogen (secondary N) is 1. The number of hydrogen-bond acceptors (Lipinski definition) is 4. The Morgan fingerprint density at radius 1 is 1.12 bits per heavy atom. The first-order chi connectivity index (χ1) is 12.5. The molecule has 1 N–H and O–H groups in total. The smallest absolute Gasteiger partial charge is 0.230 e. The predicted octanol–water partition coefficient (Wildman–Crippen LogP) is 4.20. The molecule has 8 heteroatoms. The topological polar surface area (TPSA) is 59.8 Å². The van der Waals surface area contributed by atoms with Crippen LogP contribution in [0.5, 0.6) is 0 Å². The van der Waals surface area contributed by atoms with Crippen LogP contribution in [0.4, 0.5) is 0 Å². The summed E-state index contributed by atoms with van der Waals surface area (Å²) in [6.45, 7) is 0.508. The van der Waals surface area contributed by atoms with E-state index in [0.29, 0.717) is 27.6 Å². The average Bonchev–Trinajstić information content (AvgIpc) is 3.02. The van der Waals surface area contributed by atoms with E-state index in [1.165, 1.54) is 11.8 Å². The number of amides is 1. The quantitative estimate of drug-likeness (QED) is 0.623. The van der Waals surface area contributed by atoms with Crippen molar-refractivity contribution in [3.63, 3.8) is 0 Å². The molecule has 5 nitrogen and oxygen atoms in total. The number of carbonyl (C=O) groups excluding carboxylic acids is 1. The first kappa shape index (κ1) is 18.8. The van der Waals surface area contributed by atoms with Gasteiger partial charge in [0, 0.05) is 19.2 Å². The summed E-state index contributed by atoms with van der Waals surface area (Å²) in [6, 6.07) is 15.1. The van der Waals surface area contributed by atoms with Crippen LogP contribution in [0.15, 0.2) is 53.7 Å². The third-order valence-electron chi connectivity index (χ3n) is 3.68. The van der Waals surface area contributed by atoms with Crippen LogP contribution in [0.3, 0.4) is 0 Å². The van der Waals surface area contributed by atoms with E-state index in [2.05, 4.69) is 15.5 Å². The molecule has 0 saturated heterocycles. The molecule has 1 heterocycles. The molecule has 0 unspecified atom stereocenters. The van der Waals surface area contributed by atoms with E-state index >= 15 is 0 Å². The Labute approximate surface area is 165 Å². The van der Waals surface area contributed by atoms with Crippen molar-refractivity contribution in [2.24, 2.45) is 7.05 Å². The fraction of sp³-hybridized carbons (Fsp3) is 0.167. The zero-order chi connectivity index (χ0) is 18.5. The van der Waals surface area contributed by atoms with Crippen LogP contribution in [-0.2, 0) is 18.4 Å². The third kappa shape index (κ3) is 4.58. The summed E-state index contributed by atoms with van der Waals surface area (Å²) in [7, 11) is 1.85. The van der Waals surface area contributed by atoms with Gasteiger partial charge in [0.25, 0.3) is 0 Å². The standard InChI is InChI=1S/C18H16Cl2N4OS/c1-24-17(13-7-8-14(19)15(20)9-13)22-23-18(24)26-11-16(25)21-10-12-5-3-2-4-6-12/h2-9H,10-11H2,1H3,(H,21,25). The van der Waals surface area contributed by atoms with Crippen LogP contribution in [-0.4, -0.2) is 26.4 Å². The van der Waals surface area contributed by atoms with Crippen LogP contribution < -0.4 is 5.32 Å². The highest BCUT2D eigenvalue weighted by molar-refractivity contribution is 7.99. The molecular weight excluding hydrogens is 391 g/mol. The minimum Gasteiger partial charge on any atom is -0.351 e. The third-order valence-corrected chi connectivity index (χ3v) is 5.44. The summed E-state index contributed by atoms with van der Waals surface area (Å²) >= 11 is 13.3. The summed E-state index contributed by atoms with van der Waals surface area (Å²) in [4.78, 5) is 12.0. The molecule has 3 rings (SSSR count). The summed E-state index contributed by atoms with van der Waals surface area (Å²) < 4.78 is 1.83. The molecule has 0 atom stereocenters. The van der Waals surface area contributed by atoms with Crippen LogP contribution in [0.2, 0.25) is 10.0 Å². The molecule has 0 bridgehead atoms. The number of thioether (sulfide) groups is 1. The van der Waals surface area contributed by atoms with Gasteiger partial charge in [0.2, 0.25) is 5.91 Å². The molecule has 26 heavy (non-hydrogen) atoms. The second kappa shape index (κ2) is 8.58. The lowest BCUT2D eigenvalue weighted by atomic mass is 10.2. The Balaban J connectivity index is 1.59. The van der Waals surface area contributed by atoms with Gasteiger partial charge in [0.1, 0.15) is 0 Å². The second-order valence-electron chi connectivity index (χ2n) is 5.55. The SMILES string of the molecule is Cn1c(SCC(=O)NCc2ccccc2)nnc1-c1ccc(Cl)c(Cl)c1. The Morgan fingerprint density at radius 3 is 2.62 bits per heavy atom. The molecule has 0 radical (unpaired) electrons. The minimum atomic E-state index is -0.0575. The number of benzene rings is 2. The van der Waals surface area contributed by atoms with Gasteiger partial charge in [0.05, 0.1) is 15.8 Å². The van der Waals surface area contributed by atoms with Gasteiger partial charge in [-0.15, -0.1) is 10.2 Å². The van der Waals surface area contributed by atoms with E-state index < -0.39 is 0 Å². The highest BCUT2D eigenvalue weighted by atomic mass is 35.5. The molecule has 1 aromatic heterocycles. The average molecular weight is 407 g/mol. The molecule has 0 fully saturated rings. The maximum absolute atomic E-state index is 12.0. The van der Waals surface area contributed by atoms with Gasteiger partial charge in [-0.25, -0.2) is 0 Å². The van der Waals surface area contributed by atoms with Crippen molar-refractivity contribution in [3.8, 4) is 11.4 Å². The van der Waals surface area contributed by atoms with Gasteiger partial charge >= 0.3 is 0 Å². The molecule has 0 aliphatic carbocycles. The van der Waals surface area contributed by atoms with Crippen molar-refractivity contribution in [3.05, 3.63) is 64.1 Å². The van der Waals surface area contributed by atoms with E-state index in [1.807, 2.05) is 48.0 Å². The van der Waals surface area contributed by atoms with Crippen molar-refractivity contribution < 1.29 is 4.79 Å². The Bertz CT molecular complexity index is 915. The Morgan fingerprint density at radius 2 is 1.88 bits per heavy atom. The van der Waals surface area contributed by atoms with Gasteiger partial charge in [0.15, 0.2) is 11.0 Å². The highest BCUT2D eigenvalue weighted by Crippen LogP contribution is 2.29. The summed E-state index contributed by atoms with van der Waals surface area (Å²) in [5, 5.41) is 12.8. The van der Waals surface area contributed by atoms with Crippen molar-refractivity contribution >= 4 is 40.9 Å². The molecule has 3 aromatic rings. The van der Waals surface area contributed by atoms with Crippen LogP contribution in [0.1, 0.15) is 5.56 Å². The normalized spacial score (nSPS) is 10.7. The molecule has 0 aliphatic rings. The van der Waals surface area contributed by atoms with E-state index in [9.17, 15) is 4.79 Å². The number of halogens is 2. The maximum atomic E-state index is 12.0. The zero-order valence-electron chi connectivity index (χ0n) is 13.9. The van der Waals surface area contributed by atoms with E-state index in [-0.39, 0.29) is 11.7 Å². The largest absolute Gasteiger partial charge is 0.351 e. The number of carbonyl (C=O) groups is 1. The van der Waals surface area contributed by atoms with Gasteiger partial charge in [-0.3, -0.25) is 4.79 Å². The van der Waals surface area contributed by atoms with Gasteiger partial charge in [-0.05, 0) is 23.8 Å². The summed E-state index contributed by atoms with van der Waals surface area (Å²) in [5.41, 5.74) is 1.88. The number of aromatic nitrogens is 3. The minimum absolute atomic E-state index is 0.0575. The monoisotopic (exact) mass is 406 g/mol. The molecule has 1 amide bonds. The lowest BCUT2D eigenvalue weighted by Gasteiger charge is -2.06. The Hall–Kier alpha value is -2.02. The van der Waals surface area contributed by atoms with Crippen molar-refractivity contribution in [2.45, 2.75) is 11.7 Å². The summed E-state index contributed by atoms with van der Waals surface area (Å²) in [6.07, 6.45) is 0. The predicted molar refractivity (Wildman–Crippen MR) is 105 cm³/mol. The van der Waals surface area contributed by atoms with Gasteiger partial charge < -0.3 is 9.88 Å². The van der Waals surface area contributed by atoms with E-state index in [0.717, 1.165) is 11.1 Å². The van der Waals surface area contributed by atoms with E-state index in [1.54, 1.807) is 12.1 Å². The molecule has 134 valence electrons. The van der Waals surface area contributed by atoms with Crippen LogP contribution >= 0.6 is 35.0 Å². The number of rotatable bonds is 6. The number of hydrogen-bond donors (Lipinski definition) is 1. The fourth-order valence-corrected chi connectivity index (χ4v) is 3.34. The molecule has 0 saturated carbocycles.